The van der Waals surface area contributed by atoms with Crippen molar-refractivity contribution in [2.24, 2.45) is 11.8 Å². The van der Waals surface area contributed by atoms with Crippen molar-refractivity contribution in [1.29, 1.82) is 0 Å². The zero-order valence-corrected chi connectivity index (χ0v) is 10.0. The van der Waals surface area contributed by atoms with Crippen LogP contribution < -0.4 is 5.32 Å². The van der Waals surface area contributed by atoms with Crippen molar-refractivity contribution in [2.45, 2.75) is 26.1 Å². The molecule has 1 aliphatic carbocycles. The highest BCUT2D eigenvalue weighted by Gasteiger charge is 2.32. The molecule has 1 aliphatic rings. The molecular weight excluding hydrogens is 246 g/mol. The summed E-state index contributed by atoms with van der Waals surface area (Å²) < 4.78 is 50.5. The van der Waals surface area contributed by atoms with E-state index in [1.54, 1.807) is 0 Å². The number of benzene rings is 1. The minimum absolute atomic E-state index is 0.268. The van der Waals surface area contributed by atoms with E-state index in [1.165, 1.54) is 0 Å². The first-order valence-electron chi connectivity index (χ1n) is 5.93. The SMILES string of the molecule is CC1CC1CNCc1cc(F)cc(C(F)(F)F)c1. The van der Waals surface area contributed by atoms with Crippen LogP contribution in [0, 0.1) is 17.7 Å². The Balaban J connectivity index is 1.97. The molecule has 1 nitrogen and oxygen atoms in total. The van der Waals surface area contributed by atoms with Crippen molar-refractivity contribution in [2.75, 3.05) is 6.54 Å². The predicted octanol–water partition coefficient (Wildman–Crippen LogP) is 3.59. The van der Waals surface area contributed by atoms with E-state index in [0.717, 1.165) is 25.1 Å². The average Bonchev–Trinajstić information content (AvgIpc) is 2.92. The fourth-order valence-corrected chi connectivity index (χ4v) is 2.00. The summed E-state index contributed by atoms with van der Waals surface area (Å²) in [6.07, 6.45) is -3.34. The van der Waals surface area contributed by atoms with Gasteiger partial charge in [-0.2, -0.15) is 13.2 Å². The molecule has 0 aromatic heterocycles. The Kier molecular flexibility index (Phi) is 3.61. The molecule has 0 spiro atoms. The summed E-state index contributed by atoms with van der Waals surface area (Å²) in [6, 6.07) is 2.65. The third-order valence-corrected chi connectivity index (χ3v) is 3.30. The topological polar surface area (TPSA) is 12.0 Å². The molecule has 1 N–H and O–H groups in total. The zero-order valence-electron chi connectivity index (χ0n) is 10.0. The van der Waals surface area contributed by atoms with E-state index in [4.69, 9.17) is 0 Å². The van der Waals surface area contributed by atoms with Gasteiger partial charge in [0.05, 0.1) is 5.56 Å². The van der Waals surface area contributed by atoms with E-state index in [9.17, 15) is 17.6 Å². The zero-order chi connectivity index (χ0) is 13.3. The van der Waals surface area contributed by atoms with Gasteiger partial charge in [-0.3, -0.25) is 0 Å². The molecule has 0 radical (unpaired) electrons. The lowest BCUT2D eigenvalue weighted by Crippen LogP contribution is -2.17. The highest BCUT2D eigenvalue weighted by Crippen LogP contribution is 2.36. The van der Waals surface area contributed by atoms with Crippen LogP contribution in [0.3, 0.4) is 0 Å². The summed E-state index contributed by atoms with van der Waals surface area (Å²) in [5.41, 5.74) is -0.602. The molecule has 2 atom stereocenters. The van der Waals surface area contributed by atoms with Gasteiger partial charge in [0.1, 0.15) is 5.82 Å². The van der Waals surface area contributed by atoms with Gasteiger partial charge < -0.3 is 5.32 Å². The molecule has 100 valence electrons. The van der Waals surface area contributed by atoms with E-state index in [1.807, 2.05) is 0 Å². The van der Waals surface area contributed by atoms with Crippen molar-refractivity contribution in [3.8, 4) is 0 Å². The van der Waals surface area contributed by atoms with Crippen LogP contribution in [0.15, 0.2) is 18.2 Å². The molecule has 1 aromatic rings. The van der Waals surface area contributed by atoms with Crippen molar-refractivity contribution in [3.63, 3.8) is 0 Å². The molecule has 0 bridgehead atoms. The van der Waals surface area contributed by atoms with Crippen molar-refractivity contribution in [3.05, 3.63) is 35.1 Å². The largest absolute Gasteiger partial charge is 0.416 e. The van der Waals surface area contributed by atoms with Gasteiger partial charge in [0.25, 0.3) is 0 Å². The van der Waals surface area contributed by atoms with E-state index in [-0.39, 0.29) is 6.54 Å². The number of alkyl halides is 3. The summed E-state index contributed by atoms with van der Waals surface area (Å²) in [5.74, 6) is 0.456. The third kappa shape index (κ3) is 3.45. The van der Waals surface area contributed by atoms with Crippen LogP contribution in [0.5, 0.6) is 0 Å². The number of halogens is 4. The normalized spacial score (nSPS) is 23.2. The van der Waals surface area contributed by atoms with Gasteiger partial charge in [-0.15, -0.1) is 0 Å². The van der Waals surface area contributed by atoms with Crippen LogP contribution in [0.1, 0.15) is 24.5 Å². The lowest BCUT2D eigenvalue weighted by molar-refractivity contribution is -0.137. The predicted molar refractivity (Wildman–Crippen MR) is 60.4 cm³/mol. The molecule has 1 saturated carbocycles. The Bertz CT molecular complexity index is 427. The van der Waals surface area contributed by atoms with Gasteiger partial charge in [-0.05, 0) is 48.6 Å². The summed E-state index contributed by atoms with van der Waals surface area (Å²) in [7, 11) is 0. The molecule has 5 heteroatoms. The Morgan fingerprint density at radius 1 is 1.28 bits per heavy atom. The smallest absolute Gasteiger partial charge is 0.312 e. The van der Waals surface area contributed by atoms with Gasteiger partial charge in [0.15, 0.2) is 0 Å². The van der Waals surface area contributed by atoms with Crippen molar-refractivity contribution >= 4 is 0 Å². The molecular formula is C13H15F4N. The lowest BCUT2D eigenvalue weighted by Gasteiger charge is -2.10. The van der Waals surface area contributed by atoms with Crippen LogP contribution in [0.2, 0.25) is 0 Å². The number of rotatable bonds is 4. The van der Waals surface area contributed by atoms with Crippen LogP contribution >= 0.6 is 0 Å². The summed E-state index contributed by atoms with van der Waals surface area (Å²) >= 11 is 0. The van der Waals surface area contributed by atoms with Crippen LogP contribution in [-0.2, 0) is 12.7 Å². The maximum absolute atomic E-state index is 13.1. The maximum atomic E-state index is 13.1. The third-order valence-electron chi connectivity index (χ3n) is 3.30. The Labute approximate surface area is 103 Å². The monoisotopic (exact) mass is 261 g/mol. The number of hydrogen-bond donors (Lipinski definition) is 1. The van der Waals surface area contributed by atoms with E-state index in [0.29, 0.717) is 23.5 Å². The van der Waals surface area contributed by atoms with Gasteiger partial charge >= 0.3 is 6.18 Å². The minimum atomic E-state index is -4.50. The fraction of sp³-hybridized carbons (Fsp3) is 0.538. The second kappa shape index (κ2) is 4.88. The van der Waals surface area contributed by atoms with Gasteiger partial charge in [-0.1, -0.05) is 6.92 Å². The number of nitrogens with one attached hydrogen (secondary N) is 1. The second-order valence-corrected chi connectivity index (χ2v) is 4.95. The van der Waals surface area contributed by atoms with Gasteiger partial charge in [0, 0.05) is 6.54 Å². The van der Waals surface area contributed by atoms with Gasteiger partial charge in [-0.25, -0.2) is 4.39 Å². The molecule has 0 heterocycles. The second-order valence-electron chi connectivity index (χ2n) is 4.95. The molecule has 18 heavy (non-hydrogen) atoms. The van der Waals surface area contributed by atoms with E-state index >= 15 is 0 Å². The van der Waals surface area contributed by atoms with Crippen molar-refractivity contribution in [1.82, 2.24) is 5.32 Å². The first-order chi connectivity index (χ1) is 8.36. The molecule has 0 saturated heterocycles. The molecule has 0 amide bonds. The summed E-state index contributed by atoms with van der Waals surface area (Å²) in [6.45, 7) is 3.18. The first kappa shape index (κ1) is 13.3. The maximum Gasteiger partial charge on any atom is 0.416 e. The molecule has 1 fully saturated rings. The molecule has 2 rings (SSSR count). The first-order valence-corrected chi connectivity index (χ1v) is 5.93. The standard InChI is InChI=1S/C13H15F4N/c1-8-2-10(8)7-18-6-9-3-11(13(15,16)17)5-12(14)4-9/h3-5,8,10,18H,2,6-7H2,1H3. The van der Waals surface area contributed by atoms with Gasteiger partial charge in [0.2, 0.25) is 0 Å². The summed E-state index contributed by atoms with van der Waals surface area (Å²) in [5, 5.41) is 3.07. The van der Waals surface area contributed by atoms with Crippen molar-refractivity contribution < 1.29 is 17.6 Å². The molecule has 1 aromatic carbocycles. The Hall–Kier alpha value is -1.10. The fourth-order valence-electron chi connectivity index (χ4n) is 2.00. The van der Waals surface area contributed by atoms with E-state index < -0.39 is 17.6 Å². The highest BCUT2D eigenvalue weighted by molar-refractivity contribution is 5.26. The average molecular weight is 261 g/mol. The Morgan fingerprint density at radius 2 is 1.94 bits per heavy atom. The molecule has 2 unspecified atom stereocenters. The molecule has 0 aliphatic heterocycles. The Morgan fingerprint density at radius 3 is 2.50 bits per heavy atom. The highest BCUT2D eigenvalue weighted by atomic mass is 19.4. The quantitative estimate of drug-likeness (QED) is 0.817. The van der Waals surface area contributed by atoms with Crippen LogP contribution in [-0.4, -0.2) is 6.54 Å². The number of hydrogen-bond acceptors (Lipinski definition) is 1. The van der Waals surface area contributed by atoms with Crippen LogP contribution in [0.25, 0.3) is 0 Å². The van der Waals surface area contributed by atoms with Crippen LogP contribution in [0.4, 0.5) is 17.6 Å². The summed E-state index contributed by atoms with van der Waals surface area (Å²) in [4.78, 5) is 0. The lowest BCUT2D eigenvalue weighted by atomic mass is 10.1. The minimum Gasteiger partial charge on any atom is -0.312 e. The van der Waals surface area contributed by atoms with E-state index in [2.05, 4.69) is 12.2 Å².